The topological polar surface area (TPSA) is 64.0 Å². The third-order valence-corrected chi connectivity index (χ3v) is 7.21. The first kappa shape index (κ1) is 25.8. The second-order valence-electron chi connectivity index (χ2n) is 9.47. The number of benzene rings is 1. The first-order chi connectivity index (χ1) is 17.0. The van der Waals surface area contributed by atoms with Gasteiger partial charge < -0.3 is 20.4 Å². The zero-order chi connectivity index (χ0) is 24.6. The van der Waals surface area contributed by atoms with Crippen molar-refractivity contribution in [1.29, 1.82) is 0 Å². The van der Waals surface area contributed by atoms with Crippen molar-refractivity contribution in [3.8, 4) is 0 Å². The van der Waals surface area contributed by atoms with Gasteiger partial charge in [-0.15, -0.1) is 0 Å². The summed E-state index contributed by atoms with van der Waals surface area (Å²) in [6, 6.07) is 10.5. The quantitative estimate of drug-likeness (QED) is 0.299. The van der Waals surface area contributed by atoms with E-state index in [1.54, 1.807) is 11.9 Å². The van der Waals surface area contributed by atoms with Crippen molar-refractivity contribution < 1.29 is 0 Å². The summed E-state index contributed by atoms with van der Waals surface area (Å²) in [6.07, 6.45) is 6.44. The van der Waals surface area contributed by atoms with Crippen LogP contribution in [0.25, 0.3) is 5.65 Å². The molecule has 0 saturated carbocycles. The fraction of sp³-hybridized carbons (Fsp3) is 0.538. The number of fused-ring (bicyclic) bond motifs is 1. The third-order valence-electron chi connectivity index (χ3n) is 6.36. The summed E-state index contributed by atoms with van der Waals surface area (Å²) in [5.74, 6) is 1.81. The predicted octanol–water partition coefficient (Wildman–Crippen LogP) is 4.43. The zero-order valence-corrected chi connectivity index (χ0v) is 22.4. The molecule has 1 aromatic carbocycles. The molecule has 190 valence electrons. The highest BCUT2D eigenvalue weighted by atomic mass is 32.2. The van der Waals surface area contributed by atoms with Gasteiger partial charge in [-0.3, -0.25) is 4.31 Å². The number of aryl methyl sites for hydroxylation is 1. The van der Waals surface area contributed by atoms with Crippen LogP contribution in [0, 0.1) is 0 Å². The Bertz CT molecular complexity index is 1070. The molecule has 3 heterocycles. The van der Waals surface area contributed by atoms with Gasteiger partial charge in [0.05, 0.1) is 6.20 Å². The van der Waals surface area contributed by atoms with Crippen LogP contribution in [-0.4, -0.2) is 89.1 Å². The lowest BCUT2D eigenvalue weighted by Crippen LogP contribution is -2.30. The summed E-state index contributed by atoms with van der Waals surface area (Å²) < 4.78 is 4.00. The molecule has 0 amide bonds. The fourth-order valence-corrected chi connectivity index (χ4v) is 5.08. The molecule has 0 bridgehead atoms. The summed E-state index contributed by atoms with van der Waals surface area (Å²) in [6.45, 7) is 9.06. The summed E-state index contributed by atoms with van der Waals surface area (Å²) >= 11 is 1.71. The highest BCUT2D eigenvalue weighted by Gasteiger charge is 2.13. The lowest BCUT2D eigenvalue weighted by molar-refractivity contribution is 0.272. The van der Waals surface area contributed by atoms with Gasteiger partial charge in [-0.2, -0.15) is 9.61 Å². The molecule has 2 aromatic heterocycles. The Hall–Kier alpha value is -2.33. The number of hydrogen-bond acceptors (Lipinski definition) is 8. The molecule has 1 saturated heterocycles. The van der Waals surface area contributed by atoms with Crippen LogP contribution in [0.5, 0.6) is 0 Å². The van der Waals surface area contributed by atoms with Crippen LogP contribution in [0.15, 0.2) is 41.4 Å². The van der Waals surface area contributed by atoms with Gasteiger partial charge in [0.1, 0.15) is 11.6 Å². The van der Waals surface area contributed by atoms with E-state index in [9.17, 15) is 0 Å². The minimum Gasteiger partial charge on any atom is -0.370 e. The number of hydrogen-bond donors (Lipinski definition) is 2. The van der Waals surface area contributed by atoms with Crippen LogP contribution in [0.1, 0.15) is 31.7 Å². The molecule has 0 spiro atoms. The van der Waals surface area contributed by atoms with Gasteiger partial charge in [0, 0.05) is 41.8 Å². The highest BCUT2D eigenvalue weighted by molar-refractivity contribution is 7.97. The number of anilines is 3. The Morgan fingerprint density at radius 2 is 1.89 bits per heavy atom. The predicted molar refractivity (Wildman–Crippen MR) is 148 cm³/mol. The Morgan fingerprint density at radius 1 is 1.06 bits per heavy atom. The van der Waals surface area contributed by atoms with E-state index in [0.717, 1.165) is 47.9 Å². The van der Waals surface area contributed by atoms with Crippen LogP contribution < -0.4 is 10.6 Å². The monoisotopic (exact) mass is 496 g/mol. The Balaban J connectivity index is 1.38. The molecule has 1 aliphatic heterocycles. The van der Waals surface area contributed by atoms with Gasteiger partial charge in [0.15, 0.2) is 5.65 Å². The van der Waals surface area contributed by atoms with E-state index < -0.39 is 0 Å². The van der Waals surface area contributed by atoms with E-state index in [4.69, 9.17) is 4.98 Å². The summed E-state index contributed by atoms with van der Waals surface area (Å²) in [5, 5.41) is 11.7. The summed E-state index contributed by atoms with van der Waals surface area (Å²) in [4.78, 5) is 11.1. The third kappa shape index (κ3) is 7.33. The van der Waals surface area contributed by atoms with Crippen molar-refractivity contribution >= 4 is 34.9 Å². The van der Waals surface area contributed by atoms with Gasteiger partial charge in [-0.05, 0) is 103 Å². The van der Waals surface area contributed by atoms with Crippen molar-refractivity contribution in [2.75, 3.05) is 71.0 Å². The molecule has 8 nitrogen and oxygen atoms in total. The maximum Gasteiger partial charge on any atom is 0.162 e. The smallest absolute Gasteiger partial charge is 0.162 e. The van der Waals surface area contributed by atoms with Crippen LogP contribution in [0.2, 0.25) is 0 Å². The van der Waals surface area contributed by atoms with E-state index in [2.05, 4.69) is 88.2 Å². The number of rotatable bonds is 11. The largest absolute Gasteiger partial charge is 0.370 e. The molecule has 4 rings (SSSR count). The van der Waals surface area contributed by atoms with E-state index in [0.29, 0.717) is 0 Å². The molecular weight excluding hydrogens is 456 g/mol. The Morgan fingerprint density at radius 3 is 2.66 bits per heavy atom. The average molecular weight is 497 g/mol. The van der Waals surface area contributed by atoms with Crippen molar-refractivity contribution in [3.63, 3.8) is 0 Å². The number of nitrogens with zero attached hydrogens (tertiary/aromatic N) is 6. The van der Waals surface area contributed by atoms with Gasteiger partial charge in [-0.1, -0.05) is 6.92 Å². The zero-order valence-electron chi connectivity index (χ0n) is 21.6. The highest BCUT2D eigenvalue weighted by Crippen LogP contribution is 2.26. The first-order valence-electron chi connectivity index (χ1n) is 12.8. The Labute approximate surface area is 214 Å². The summed E-state index contributed by atoms with van der Waals surface area (Å²) in [7, 11) is 6.33. The first-order valence-corrected chi connectivity index (χ1v) is 13.5. The van der Waals surface area contributed by atoms with Crippen molar-refractivity contribution in [3.05, 3.63) is 42.1 Å². The molecular formula is C26H40N8S. The van der Waals surface area contributed by atoms with Gasteiger partial charge in [0.2, 0.25) is 0 Å². The number of nitrogens with one attached hydrogen (secondary N) is 2. The van der Waals surface area contributed by atoms with E-state index in [1.165, 1.54) is 50.5 Å². The van der Waals surface area contributed by atoms with Crippen LogP contribution >= 0.6 is 11.9 Å². The lowest BCUT2D eigenvalue weighted by Gasteiger charge is -2.20. The molecule has 0 radical (unpaired) electrons. The SMILES string of the molecule is CCc1cnn2c(Nc3ccc(SN(C)C)cc3)cc(NCCCCN3CCCN(C)CC3)nc12. The van der Waals surface area contributed by atoms with Crippen LogP contribution in [-0.2, 0) is 6.42 Å². The van der Waals surface area contributed by atoms with Crippen molar-refractivity contribution in [2.24, 2.45) is 0 Å². The molecule has 2 N–H and O–H groups in total. The maximum absolute atomic E-state index is 4.89. The summed E-state index contributed by atoms with van der Waals surface area (Å²) in [5.41, 5.74) is 3.09. The van der Waals surface area contributed by atoms with E-state index in [1.807, 2.05) is 10.7 Å². The molecule has 1 fully saturated rings. The number of unbranched alkanes of at least 4 members (excludes halogenated alkanes) is 1. The molecule has 3 aromatic rings. The molecule has 9 heteroatoms. The second kappa shape index (κ2) is 12.6. The second-order valence-corrected chi connectivity index (χ2v) is 10.9. The van der Waals surface area contributed by atoms with E-state index >= 15 is 0 Å². The van der Waals surface area contributed by atoms with Crippen LogP contribution in [0.4, 0.5) is 17.3 Å². The number of likely N-dealkylation sites (N-methyl/N-ethyl adjacent to an activating group) is 1. The Kier molecular flexibility index (Phi) is 9.25. The van der Waals surface area contributed by atoms with Crippen molar-refractivity contribution in [1.82, 2.24) is 28.7 Å². The molecule has 0 unspecified atom stereocenters. The van der Waals surface area contributed by atoms with E-state index in [-0.39, 0.29) is 0 Å². The molecule has 0 aliphatic carbocycles. The van der Waals surface area contributed by atoms with Crippen molar-refractivity contribution in [2.45, 2.75) is 37.5 Å². The maximum atomic E-state index is 4.89. The van der Waals surface area contributed by atoms with Gasteiger partial charge >= 0.3 is 0 Å². The van der Waals surface area contributed by atoms with Gasteiger partial charge in [0.25, 0.3) is 0 Å². The van der Waals surface area contributed by atoms with Gasteiger partial charge in [-0.25, -0.2) is 4.98 Å². The normalized spacial score (nSPS) is 15.6. The molecule has 0 atom stereocenters. The average Bonchev–Trinajstić information content (AvgIpc) is 3.14. The fourth-order valence-electron chi connectivity index (χ4n) is 4.40. The number of aromatic nitrogens is 3. The molecule has 1 aliphatic rings. The molecule has 35 heavy (non-hydrogen) atoms. The minimum atomic E-state index is 0.895. The lowest BCUT2D eigenvalue weighted by atomic mass is 10.2. The minimum absolute atomic E-state index is 0.895. The van der Waals surface area contributed by atoms with Crippen LogP contribution in [0.3, 0.4) is 0 Å². The standard InChI is InChI=1S/C26H40N8S/c1-5-21-20-28-34-25(29-22-9-11-23(12-10-22)35-31(2)3)19-24(30-26(21)34)27-13-6-7-15-33-16-8-14-32(4)17-18-33/h9-12,19-20,29H,5-8,13-18H2,1-4H3,(H,27,30).